The molecule has 1 aromatic rings. The summed E-state index contributed by atoms with van der Waals surface area (Å²) in [6.07, 6.45) is 1.12. The molecule has 0 saturated carbocycles. The number of likely N-dealkylation sites (N-methyl/N-ethyl adjacent to an activating group) is 1. The lowest BCUT2D eigenvalue weighted by Crippen LogP contribution is -2.31. The standard InChI is InChI=1S/C12H20BrNS2/c1-12(2,3)16-8-10(14-4)6-11-5-9(13)7-15-11/h5,7,10,14H,6,8H2,1-4H3. The zero-order valence-electron chi connectivity index (χ0n) is 10.3. The zero-order chi connectivity index (χ0) is 12.2. The molecule has 0 fully saturated rings. The molecule has 0 spiro atoms. The summed E-state index contributed by atoms with van der Waals surface area (Å²) in [6, 6.07) is 2.78. The number of rotatable bonds is 5. The summed E-state index contributed by atoms with van der Waals surface area (Å²) in [5.41, 5.74) is 0. The van der Waals surface area contributed by atoms with Gasteiger partial charge in [-0.05, 0) is 35.5 Å². The molecule has 0 amide bonds. The molecular formula is C12H20BrNS2. The van der Waals surface area contributed by atoms with E-state index >= 15 is 0 Å². The first-order valence-corrected chi connectivity index (χ1v) is 8.10. The number of halogens is 1. The van der Waals surface area contributed by atoms with Gasteiger partial charge in [-0.15, -0.1) is 11.3 Å². The van der Waals surface area contributed by atoms with Crippen molar-refractivity contribution in [3.05, 3.63) is 20.8 Å². The first kappa shape index (κ1) is 14.6. The highest BCUT2D eigenvalue weighted by Gasteiger charge is 2.15. The van der Waals surface area contributed by atoms with Gasteiger partial charge in [-0.1, -0.05) is 20.8 Å². The lowest BCUT2D eigenvalue weighted by atomic mass is 10.2. The molecule has 1 unspecified atom stereocenters. The fraction of sp³-hybridized carbons (Fsp3) is 0.667. The van der Waals surface area contributed by atoms with Gasteiger partial charge >= 0.3 is 0 Å². The average molecular weight is 322 g/mol. The quantitative estimate of drug-likeness (QED) is 0.873. The Kier molecular flexibility index (Phi) is 5.85. The highest BCUT2D eigenvalue weighted by atomic mass is 79.9. The zero-order valence-corrected chi connectivity index (χ0v) is 13.6. The van der Waals surface area contributed by atoms with Crippen LogP contribution in [0.3, 0.4) is 0 Å². The lowest BCUT2D eigenvalue weighted by Gasteiger charge is -2.22. The molecule has 1 N–H and O–H groups in total. The fourth-order valence-electron chi connectivity index (χ4n) is 1.30. The van der Waals surface area contributed by atoms with Gasteiger partial charge in [0.05, 0.1) is 0 Å². The third-order valence-corrected chi connectivity index (χ3v) is 5.35. The Morgan fingerprint density at radius 2 is 2.19 bits per heavy atom. The number of nitrogens with one attached hydrogen (secondary N) is 1. The van der Waals surface area contributed by atoms with E-state index in [1.807, 2.05) is 23.1 Å². The van der Waals surface area contributed by atoms with Crippen LogP contribution in [0.15, 0.2) is 15.9 Å². The second-order valence-electron chi connectivity index (χ2n) is 4.84. The van der Waals surface area contributed by atoms with E-state index in [-0.39, 0.29) is 0 Å². The summed E-state index contributed by atoms with van der Waals surface area (Å²) in [6.45, 7) is 6.81. The number of hydrogen-bond donors (Lipinski definition) is 1. The Bertz CT molecular complexity index is 317. The van der Waals surface area contributed by atoms with Gasteiger partial charge in [-0.3, -0.25) is 0 Å². The number of hydrogen-bond acceptors (Lipinski definition) is 3. The smallest absolute Gasteiger partial charge is 0.0285 e. The summed E-state index contributed by atoms with van der Waals surface area (Å²) in [5, 5.41) is 5.55. The van der Waals surface area contributed by atoms with Crippen molar-refractivity contribution in [2.24, 2.45) is 0 Å². The average Bonchev–Trinajstić information content (AvgIpc) is 2.57. The van der Waals surface area contributed by atoms with E-state index < -0.39 is 0 Å². The summed E-state index contributed by atoms with van der Waals surface area (Å²) in [5.74, 6) is 1.16. The normalized spacial score (nSPS) is 14.1. The molecule has 1 atom stereocenters. The van der Waals surface area contributed by atoms with Crippen LogP contribution in [0.4, 0.5) is 0 Å². The number of thiophene rings is 1. The molecule has 1 nitrogen and oxygen atoms in total. The molecule has 0 aliphatic heterocycles. The molecular weight excluding hydrogens is 302 g/mol. The third kappa shape index (κ3) is 5.71. The van der Waals surface area contributed by atoms with E-state index in [2.05, 4.69) is 60.5 Å². The molecule has 0 radical (unpaired) electrons. The molecule has 4 heteroatoms. The van der Waals surface area contributed by atoms with Gasteiger partial charge in [0.25, 0.3) is 0 Å². The second kappa shape index (κ2) is 6.43. The third-order valence-electron chi connectivity index (χ3n) is 2.20. The predicted octanol–water partition coefficient (Wildman–Crippen LogP) is 4.17. The van der Waals surface area contributed by atoms with Crippen LogP contribution < -0.4 is 5.32 Å². The minimum atomic E-state index is 0.352. The Balaban J connectivity index is 2.43. The van der Waals surface area contributed by atoms with Crippen LogP contribution >= 0.6 is 39.0 Å². The molecule has 1 heterocycles. The van der Waals surface area contributed by atoms with Crippen molar-refractivity contribution in [3.63, 3.8) is 0 Å². The second-order valence-corrected chi connectivity index (χ2v) is 8.60. The van der Waals surface area contributed by atoms with Crippen molar-refractivity contribution >= 4 is 39.0 Å². The van der Waals surface area contributed by atoms with E-state index in [1.165, 1.54) is 9.35 Å². The van der Waals surface area contributed by atoms with Crippen LogP contribution in [0.2, 0.25) is 0 Å². The fourth-order valence-corrected chi connectivity index (χ4v) is 3.82. The van der Waals surface area contributed by atoms with E-state index in [0.717, 1.165) is 12.2 Å². The first-order valence-electron chi connectivity index (χ1n) is 5.45. The van der Waals surface area contributed by atoms with Crippen molar-refractivity contribution in [3.8, 4) is 0 Å². The van der Waals surface area contributed by atoms with Gasteiger partial charge in [-0.25, -0.2) is 0 Å². The Labute approximate surface area is 116 Å². The van der Waals surface area contributed by atoms with Crippen molar-refractivity contribution < 1.29 is 0 Å². The predicted molar refractivity (Wildman–Crippen MR) is 80.8 cm³/mol. The summed E-state index contributed by atoms with van der Waals surface area (Å²) >= 11 is 7.35. The molecule has 16 heavy (non-hydrogen) atoms. The van der Waals surface area contributed by atoms with Gasteiger partial charge in [0, 0.05) is 31.3 Å². The highest BCUT2D eigenvalue weighted by Crippen LogP contribution is 2.26. The first-order chi connectivity index (χ1) is 7.40. The van der Waals surface area contributed by atoms with E-state index in [4.69, 9.17) is 0 Å². The maximum absolute atomic E-state index is 3.50. The summed E-state index contributed by atoms with van der Waals surface area (Å²) in [4.78, 5) is 1.45. The number of thioether (sulfide) groups is 1. The summed E-state index contributed by atoms with van der Waals surface area (Å²) in [7, 11) is 2.05. The van der Waals surface area contributed by atoms with Crippen LogP contribution in [0.25, 0.3) is 0 Å². The molecule has 0 saturated heterocycles. The van der Waals surface area contributed by atoms with E-state index in [1.54, 1.807) is 0 Å². The van der Waals surface area contributed by atoms with Gasteiger partial charge in [0.2, 0.25) is 0 Å². The van der Waals surface area contributed by atoms with E-state index in [0.29, 0.717) is 10.8 Å². The van der Waals surface area contributed by atoms with Crippen molar-refractivity contribution in [1.29, 1.82) is 0 Å². The molecule has 0 aliphatic rings. The molecule has 0 aromatic carbocycles. The van der Waals surface area contributed by atoms with Crippen LogP contribution in [0.1, 0.15) is 25.6 Å². The highest BCUT2D eigenvalue weighted by molar-refractivity contribution is 9.10. The maximum Gasteiger partial charge on any atom is 0.0285 e. The molecule has 1 aromatic heterocycles. The van der Waals surface area contributed by atoms with Crippen molar-refractivity contribution in [1.82, 2.24) is 5.32 Å². The molecule has 0 bridgehead atoms. The van der Waals surface area contributed by atoms with Crippen LogP contribution in [-0.4, -0.2) is 23.6 Å². The van der Waals surface area contributed by atoms with Gasteiger partial charge in [-0.2, -0.15) is 11.8 Å². The molecule has 1 rings (SSSR count). The van der Waals surface area contributed by atoms with Gasteiger partial charge in [0.15, 0.2) is 0 Å². The SMILES string of the molecule is CNC(CSC(C)(C)C)Cc1cc(Br)cs1. The minimum Gasteiger partial charge on any atom is -0.316 e. The van der Waals surface area contributed by atoms with Crippen molar-refractivity contribution in [2.45, 2.75) is 38.0 Å². The van der Waals surface area contributed by atoms with Gasteiger partial charge < -0.3 is 5.32 Å². The minimum absolute atomic E-state index is 0.352. The molecule has 92 valence electrons. The maximum atomic E-state index is 3.50. The monoisotopic (exact) mass is 321 g/mol. The summed E-state index contributed by atoms with van der Waals surface area (Å²) < 4.78 is 1.55. The van der Waals surface area contributed by atoms with E-state index in [9.17, 15) is 0 Å². The molecule has 0 aliphatic carbocycles. The Hall–Kier alpha value is 0.490. The van der Waals surface area contributed by atoms with Crippen LogP contribution in [-0.2, 0) is 6.42 Å². The van der Waals surface area contributed by atoms with Crippen molar-refractivity contribution in [2.75, 3.05) is 12.8 Å². The Morgan fingerprint density at radius 1 is 1.50 bits per heavy atom. The van der Waals surface area contributed by atoms with Gasteiger partial charge in [0.1, 0.15) is 0 Å². The Morgan fingerprint density at radius 3 is 2.62 bits per heavy atom. The topological polar surface area (TPSA) is 12.0 Å². The lowest BCUT2D eigenvalue weighted by molar-refractivity contribution is 0.618. The van der Waals surface area contributed by atoms with Crippen LogP contribution in [0, 0.1) is 0 Å². The van der Waals surface area contributed by atoms with Crippen LogP contribution in [0.5, 0.6) is 0 Å². The largest absolute Gasteiger partial charge is 0.316 e.